The molecule has 0 amide bonds. The summed E-state index contributed by atoms with van der Waals surface area (Å²) in [7, 11) is -2.26. The highest BCUT2D eigenvalue weighted by molar-refractivity contribution is 9.10. The predicted octanol–water partition coefficient (Wildman–Crippen LogP) is 2.56. The second-order valence-electron chi connectivity index (χ2n) is 5.00. The van der Waals surface area contributed by atoms with Gasteiger partial charge in [0.25, 0.3) is 0 Å². The van der Waals surface area contributed by atoms with Crippen LogP contribution in [0.3, 0.4) is 0 Å². The number of carbonyl (C=O) groups is 1. The molecule has 21 heavy (non-hydrogen) atoms. The number of hydrogen-bond acceptors (Lipinski definition) is 4. The number of methoxy groups -OCH3 is 1. The van der Waals surface area contributed by atoms with Crippen LogP contribution >= 0.6 is 15.9 Å². The molecule has 1 aromatic carbocycles. The fourth-order valence-corrected chi connectivity index (χ4v) is 4.47. The Morgan fingerprint density at radius 1 is 1.33 bits per heavy atom. The summed E-state index contributed by atoms with van der Waals surface area (Å²) >= 11 is 3.29. The van der Waals surface area contributed by atoms with Crippen LogP contribution in [0.2, 0.25) is 0 Å². The van der Waals surface area contributed by atoms with Crippen molar-refractivity contribution >= 4 is 31.9 Å². The van der Waals surface area contributed by atoms with Gasteiger partial charge in [0.2, 0.25) is 10.0 Å². The Kier molecular flexibility index (Phi) is 5.40. The van der Waals surface area contributed by atoms with Gasteiger partial charge in [-0.3, -0.25) is 4.79 Å². The highest BCUT2D eigenvalue weighted by atomic mass is 79.9. The SMILES string of the molecule is COC(=O)CC1CCCCN1S(=O)(=O)c1ccc(Br)cc1. The molecule has 0 aliphatic carbocycles. The Hall–Kier alpha value is -0.920. The molecule has 0 aromatic heterocycles. The standard InChI is InChI=1S/C14H18BrNO4S/c1-20-14(17)10-12-4-2-3-9-16(12)21(18,19)13-7-5-11(15)6-8-13/h5-8,12H,2-4,9-10H2,1H3. The van der Waals surface area contributed by atoms with E-state index in [-0.39, 0.29) is 23.3 Å². The number of rotatable bonds is 4. The second-order valence-corrected chi connectivity index (χ2v) is 7.81. The number of carbonyl (C=O) groups excluding carboxylic acids is 1. The van der Waals surface area contributed by atoms with Crippen molar-refractivity contribution in [3.05, 3.63) is 28.7 Å². The van der Waals surface area contributed by atoms with E-state index in [0.29, 0.717) is 13.0 Å². The van der Waals surface area contributed by atoms with Crippen LogP contribution in [0.25, 0.3) is 0 Å². The van der Waals surface area contributed by atoms with E-state index in [4.69, 9.17) is 0 Å². The van der Waals surface area contributed by atoms with Crippen molar-refractivity contribution < 1.29 is 17.9 Å². The number of esters is 1. The van der Waals surface area contributed by atoms with Crippen molar-refractivity contribution in [3.63, 3.8) is 0 Å². The van der Waals surface area contributed by atoms with Gasteiger partial charge in [-0.1, -0.05) is 22.4 Å². The molecule has 0 spiro atoms. The highest BCUT2D eigenvalue weighted by Crippen LogP contribution is 2.27. The lowest BCUT2D eigenvalue weighted by atomic mass is 10.0. The number of benzene rings is 1. The lowest BCUT2D eigenvalue weighted by Crippen LogP contribution is -2.44. The summed E-state index contributed by atoms with van der Waals surface area (Å²) < 4.78 is 32.4. The zero-order valence-electron chi connectivity index (χ0n) is 11.8. The molecule has 1 fully saturated rings. The van der Waals surface area contributed by atoms with Gasteiger partial charge in [-0.2, -0.15) is 4.31 Å². The fraction of sp³-hybridized carbons (Fsp3) is 0.500. The Labute approximate surface area is 133 Å². The fourth-order valence-electron chi connectivity index (χ4n) is 2.51. The first kappa shape index (κ1) is 16.5. The molecule has 1 atom stereocenters. The molecule has 1 unspecified atom stereocenters. The van der Waals surface area contributed by atoms with E-state index in [0.717, 1.165) is 17.3 Å². The Morgan fingerprint density at radius 2 is 2.00 bits per heavy atom. The van der Waals surface area contributed by atoms with Gasteiger partial charge in [-0.25, -0.2) is 8.42 Å². The van der Waals surface area contributed by atoms with Crippen LogP contribution in [-0.4, -0.2) is 38.4 Å². The first-order valence-corrected chi connectivity index (χ1v) is 9.02. The number of piperidine rings is 1. The molecule has 1 heterocycles. The van der Waals surface area contributed by atoms with E-state index in [1.807, 2.05) is 0 Å². The van der Waals surface area contributed by atoms with Gasteiger partial charge in [-0.05, 0) is 37.1 Å². The van der Waals surface area contributed by atoms with Crippen LogP contribution in [0.4, 0.5) is 0 Å². The minimum absolute atomic E-state index is 0.103. The third-order valence-corrected chi connectivity index (χ3v) is 6.12. The number of sulfonamides is 1. The smallest absolute Gasteiger partial charge is 0.307 e. The number of ether oxygens (including phenoxy) is 1. The van der Waals surface area contributed by atoms with Crippen molar-refractivity contribution in [2.24, 2.45) is 0 Å². The quantitative estimate of drug-likeness (QED) is 0.758. The molecule has 5 nitrogen and oxygen atoms in total. The van der Waals surface area contributed by atoms with E-state index < -0.39 is 10.0 Å². The summed E-state index contributed by atoms with van der Waals surface area (Å²) in [5, 5.41) is 0. The molecule has 116 valence electrons. The largest absolute Gasteiger partial charge is 0.469 e. The van der Waals surface area contributed by atoms with Crippen LogP contribution in [0, 0.1) is 0 Å². The van der Waals surface area contributed by atoms with Gasteiger partial charge < -0.3 is 4.74 Å². The molecule has 0 bridgehead atoms. The molecule has 2 rings (SSSR count). The first-order chi connectivity index (χ1) is 9.95. The second kappa shape index (κ2) is 6.89. The molecule has 1 saturated heterocycles. The van der Waals surface area contributed by atoms with E-state index in [1.54, 1.807) is 24.3 Å². The van der Waals surface area contributed by atoms with Gasteiger partial charge >= 0.3 is 5.97 Å². The zero-order chi connectivity index (χ0) is 15.5. The summed E-state index contributed by atoms with van der Waals surface area (Å²) in [4.78, 5) is 11.7. The molecule has 1 aliphatic heterocycles. The highest BCUT2D eigenvalue weighted by Gasteiger charge is 2.34. The number of halogens is 1. The van der Waals surface area contributed by atoms with E-state index in [1.165, 1.54) is 11.4 Å². The third kappa shape index (κ3) is 3.84. The monoisotopic (exact) mass is 375 g/mol. The van der Waals surface area contributed by atoms with E-state index in [9.17, 15) is 13.2 Å². The van der Waals surface area contributed by atoms with Crippen molar-refractivity contribution in [2.75, 3.05) is 13.7 Å². The van der Waals surface area contributed by atoms with Gasteiger partial charge in [0.15, 0.2) is 0 Å². The van der Waals surface area contributed by atoms with E-state index in [2.05, 4.69) is 20.7 Å². The van der Waals surface area contributed by atoms with Crippen LogP contribution < -0.4 is 0 Å². The average molecular weight is 376 g/mol. The summed E-state index contributed by atoms with van der Waals surface area (Å²) in [5.41, 5.74) is 0. The number of nitrogens with zero attached hydrogens (tertiary/aromatic N) is 1. The molecule has 0 saturated carbocycles. The lowest BCUT2D eigenvalue weighted by Gasteiger charge is -2.34. The van der Waals surface area contributed by atoms with Crippen molar-refractivity contribution in [1.29, 1.82) is 0 Å². The molecular formula is C14H18BrNO4S. The summed E-state index contributed by atoms with van der Waals surface area (Å²) in [6.45, 7) is 0.445. The minimum atomic E-state index is -3.58. The van der Waals surface area contributed by atoms with Crippen LogP contribution in [0.1, 0.15) is 25.7 Å². The van der Waals surface area contributed by atoms with Crippen LogP contribution in [0.15, 0.2) is 33.6 Å². The Bertz CT molecular complexity index is 600. The molecule has 1 aromatic rings. The van der Waals surface area contributed by atoms with Crippen LogP contribution in [0.5, 0.6) is 0 Å². The average Bonchev–Trinajstić information content (AvgIpc) is 2.48. The van der Waals surface area contributed by atoms with Crippen LogP contribution in [-0.2, 0) is 19.6 Å². The van der Waals surface area contributed by atoms with Gasteiger partial charge in [-0.15, -0.1) is 0 Å². The summed E-state index contributed by atoms with van der Waals surface area (Å²) in [5.74, 6) is -0.377. The lowest BCUT2D eigenvalue weighted by molar-refractivity contribution is -0.141. The topological polar surface area (TPSA) is 63.7 Å². The minimum Gasteiger partial charge on any atom is -0.469 e. The maximum absolute atomic E-state index is 12.7. The summed E-state index contributed by atoms with van der Waals surface area (Å²) in [6, 6.07) is 6.23. The molecule has 0 N–H and O–H groups in total. The predicted molar refractivity (Wildman–Crippen MR) is 82.3 cm³/mol. The maximum atomic E-state index is 12.7. The summed E-state index contributed by atoms with van der Waals surface area (Å²) in [6.07, 6.45) is 2.53. The van der Waals surface area contributed by atoms with Crippen molar-refractivity contribution in [2.45, 2.75) is 36.6 Å². The Balaban J connectivity index is 2.27. The number of hydrogen-bond donors (Lipinski definition) is 0. The first-order valence-electron chi connectivity index (χ1n) is 6.79. The van der Waals surface area contributed by atoms with Gasteiger partial charge in [0.1, 0.15) is 0 Å². The van der Waals surface area contributed by atoms with E-state index >= 15 is 0 Å². The Morgan fingerprint density at radius 3 is 2.62 bits per heavy atom. The van der Waals surface area contributed by atoms with Gasteiger partial charge in [0, 0.05) is 17.1 Å². The molecular weight excluding hydrogens is 358 g/mol. The molecule has 0 radical (unpaired) electrons. The maximum Gasteiger partial charge on any atom is 0.307 e. The normalized spacial score (nSPS) is 20.2. The zero-order valence-corrected chi connectivity index (χ0v) is 14.2. The molecule has 1 aliphatic rings. The molecule has 7 heteroatoms. The van der Waals surface area contributed by atoms with Crippen molar-refractivity contribution in [1.82, 2.24) is 4.31 Å². The van der Waals surface area contributed by atoms with Crippen molar-refractivity contribution in [3.8, 4) is 0 Å². The third-order valence-electron chi connectivity index (χ3n) is 3.62. The van der Waals surface area contributed by atoms with Gasteiger partial charge in [0.05, 0.1) is 18.4 Å².